The van der Waals surface area contributed by atoms with Crippen molar-refractivity contribution >= 4 is 28.8 Å². The topological polar surface area (TPSA) is 83.4 Å². The largest absolute Gasteiger partial charge is 0.400 e. The molecule has 2 rings (SSSR count). The van der Waals surface area contributed by atoms with Crippen LogP contribution >= 0.6 is 0 Å². The first-order valence-corrected chi connectivity index (χ1v) is 7.83. The van der Waals surface area contributed by atoms with E-state index in [-0.39, 0.29) is 11.9 Å². The van der Waals surface area contributed by atoms with Gasteiger partial charge in [0, 0.05) is 25.6 Å². The molecule has 0 spiro atoms. The van der Waals surface area contributed by atoms with Gasteiger partial charge in [0.1, 0.15) is 0 Å². The van der Waals surface area contributed by atoms with Gasteiger partial charge in [0.05, 0.1) is 22.4 Å². The van der Waals surface area contributed by atoms with Crippen LogP contribution in [-0.2, 0) is 11.8 Å². The number of anilines is 1. The Labute approximate surface area is 142 Å². The molecule has 24 heavy (non-hydrogen) atoms. The van der Waals surface area contributed by atoms with Gasteiger partial charge in [-0.05, 0) is 45.9 Å². The Kier molecular flexibility index (Phi) is 6.69. The van der Waals surface area contributed by atoms with Crippen molar-refractivity contribution in [3.63, 3.8) is 0 Å². The van der Waals surface area contributed by atoms with Gasteiger partial charge in [0.25, 0.3) is 0 Å². The molecule has 0 fully saturated rings. The Balaban J connectivity index is 0.00000139. The second kappa shape index (κ2) is 8.08. The van der Waals surface area contributed by atoms with Crippen LogP contribution in [-0.4, -0.2) is 40.6 Å². The van der Waals surface area contributed by atoms with Crippen molar-refractivity contribution in [1.29, 1.82) is 0 Å². The summed E-state index contributed by atoms with van der Waals surface area (Å²) in [4.78, 5) is 23.6. The molecule has 0 saturated carbocycles. The number of hydrogen-bond donors (Lipinski definition) is 3. The third kappa shape index (κ3) is 4.21. The lowest BCUT2D eigenvalue weighted by molar-refractivity contribution is -0.121. The quantitative estimate of drug-likeness (QED) is 0.733. The van der Waals surface area contributed by atoms with Crippen molar-refractivity contribution in [2.75, 3.05) is 12.4 Å². The van der Waals surface area contributed by atoms with E-state index in [0.29, 0.717) is 11.4 Å². The maximum atomic E-state index is 12.5. The molecule has 0 atom stereocenters. The number of nitrogens with one attached hydrogen (secondary N) is 2. The summed E-state index contributed by atoms with van der Waals surface area (Å²) in [6, 6.07) is 7.64. The molecule has 0 saturated heterocycles. The fourth-order valence-corrected chi connectivity index (χ4v) is 2.67. The van der Waals surface area contributed by atoms with Crippen LogP contribution in [0.5, 0.6) is 0 Å². The van der Waals surface area contributed by atoms with Crippen LogP contribution < -0.4 is 10.6 Å². The Morgan fingerprint density at radius 2 is 1.92 bits per heavy atom. The third-order valence-corrected chi connectivity index (χ3v) is 3.71. The molecule has 1 amide bonds. The second-order valence-electron chi connectivity index (χ2n) is 6.36. The first kappa shape index (κ1) is 19.9. The highest BCUT2D eigenvalue weighted by Gasteiger charge is 2.28. The average molecular weight is 333 g/mol. The number of benzene rings is 1. The van der Waals surface area contributed by atoms with E-state index in [9.17, 15) is 9.59 Å². The summed E-state index contributed by atoms with van der Waals surface area (Å²) in [5.74, 6) is -0.106. The molecule has 0 radical (unpaired) electrons. The first-order valence-electron chi connectivity index (χ1n) is 7.83. The number of carbonyl (C=O) groups is 2. The van der Waals surface area contributed by atoms with Crippen LogP contribution in [0.3, 0.4) is 0 Å². The van der Waals surface area contributed by atoms with Gasteiger partial charge in [0.2, 0.25) is 5.91 Å². The van der Waals surface area contributed by atoms with E-state index in [0.717, 1.165) is 24.3 Å². The number of nitrogens with zero attached hydrogens (tertiary/aromatic N) is 1. The van der Waals surface area contributed by atoms with Crippen LogP contribution in [0.25, 0.3) is 10.9 Å². The average Bonchev–Trinajstić information content (AvgIpc) is 2.85. The smallest absolute Gasteiger partial charge is 0.244 e. The van der Waals surface area contributed by atoms with Crippen LogP contribution in [0.15, 0.2) is 24.3 Å². The molecule has 6 nitrogen and oxygen atoms in total. The molecule has 1 aromatic carbocycles. The lowest BCUT2D eigenvalue weighted by Crippen LogP contribution is -2.52. The van der Waals surface area contributed by atoms with E-state index in [4.69, 9.17) is 5.11 Å². The number of hydrogen-bond acceptors (Lipinski definition) is 4. The molecular weight excluding hydrogens is 306 g/mol. The molecule has 0 unspecified atom stereocenters. The zero-order chi connectivity index (χ0) is 18.5. The molecule has 1 heterocycles. The van der Waals surface area contributed by atoms with E-state index in [2.05, 4.69) is 10.6 Å². The SMILES string of the molecule is CC(C)NC(C)(C)C(=O)Nc1cccc2c1cc(C=O)n2C.CO. The van der Waals surface area contributed by atoms with E-state index in [1.54, 1.807) is 6.07 Å². The molecule has 2 aromatic rings. The number of aryl methyl sites for hydroxylation is 1. The first-order chi connectivity index (χ1) is 11.3. The molecule has 1 aromatic heterocycles. The van der Waals surface area contributed by atoms with E-state index in [1.165, 1.54) is 0 Å². The van der Waals surface area contributed by atoms with Crippen LogP contribution in [0, 0.1) is 0 Å². The molecule has 3 N–H and O–H groups in total. The van der Waals surface area contributed by atoms with Crippen LogP contribution in [0.2, 0.25) is 0 Å². The minimum absolute atomic E-state index is 0.106. The summed E-state index contributed by atoms with van der Waals surface area (Å²) >= 11 is 0. The number of rotatable bonds is 5. The van der Waals surface area contributed by atoms with Crippen molar-refractivity contribution < 1.29 is 14.7 Å². The summed E-state index contributed by atoms with van der Waals surface area (Å²) < 4.78 is 1.81. The highest BCUT2D eigenvalue weighted by Crippen LogP contribution is 2.26. The minimum Gasteiger partial charge on any atom is -0.400 e. The van der Waals surface area contributed by atoms with Gasteiger partial charge in [-0.1, -0.05) is 6.07 Å². The van der Waals surface area contributed by atoms with E-state index >= 15 is 0 Å². The Bertz CT molecular complexity index is 718. The maximum Gasteiger partial charge on any atom is 0.244 e. The summed E-state index contributed by atoms with van der Waals surface area (Å²) in [6.07, 6.45) is 0.815. The number of aliphatic hydroxyl groups excluding tert-OH is 1. The van der Waals surface area contributed by atoms with Gasteiger partial charge < -0.3 is 20.3 Å². The number of amides is 1. The monoisotopic (exact) mass is 333 g/mol. The van der Waals surface area contributed by atoms with Crippen molar-refractivity contribution in [2.24, 2.45) is 7.05 Å². The number of aromatic nitrogens is 1. The lowest BCUT2D eigenvalue weighted by Gasteiger charge is -2.27. The normalized spacial score (nSPS) is 11.2. The summed E-state index contributed by atoms with van der Waals surface area (Å²) in [7, 11) is 2.84. The Morgan fingerprint density at radius 1 is 1.29 bits per heavy atom. The van der Waals surface area contributed by atoms with Gasteiger partial charge >= 0.3 is 0 Å². The van der Waals surface area contributed by atoms with E-state index in [1.807, 2.05) is 57.5 Å². The standard InChI is InChI=1S/C17H23N3O2.CH4O/c1-11(2)19-17(3,4)16(22)18-14-7-6-8-15-13(14)9-12(10-21)20(15)5;1-2/h6-11,19H,1-5H3,(H,18,22);2H,1H3. The molecule has 132 valence electrons. The number of aldehydes is 1. The second-order valence-corrected chi connectivity index (χ2v) is 6.36. The van der Waals surface area contributed by atoms with Crippen molar-refractivity contribution in [3.8, 4) is 0 Å². The Hall–Kier alpha value is -2.18. The predicted octanol–water partition coefficient (Wildman–Crippen LogP) is 2.31. The molecule has 6 heteroatoms. The van der Waals surface area contributed by atoms with Crippen molar-refractivity contribution in [2.45, 2.75) is 39.3 Å². The van der Waals surface area contributed by atoms with Crippen molar-refractivity contribution in [1.82, 2.24) is 9.88 Å². The fraction of sp³-hybridized carbons (Fsp3) is 0.444. The minimum atomic E-state index is -0.682. The molecule has 0 aliphatic rings. The van der Waals surface area contributed by atoms with Gasteiger partial charge in [-0.3, -0.25) is 9.59 Å². The highest BCUT2D eigenvalue weighted by molar-refractivity contribution is 6.06. The Morgan fingerprint density at radius 3 is 2.46 bits per heavy atom. The fourth-order valence-electron chi connectivity index (χ4n) is 2.67. The highest BCUT2D eigenvalue weighted by atomic mass is 16.2. The third-order valence-electron chi connectivity index (χ3n) is 3.71. The van der Waals surface area contributed by atoms with Crippen LogP contribution in [0.1, 0.15) is 38.2 Å². The summed E-state index contributed by atoms with van der Waals surface area (Å²) in [6.45, 7) is 7.71. The molecule has 0 aliphatic heterocycles. The maximum absolute atomic E-state index is 12.5. The zero-order valence-electron chi connectivity index (χ0n) is 15.2. The lowest BCUT2D eigenvalue weighted by atomic mass is 10.0. The molecule has 0 aliphatic carbocycles. The summed E-state index contributed by atoms with van der Waals surface area (Å²) in [5.41, 5.74) is 1.52. The number of fused-ring (bicyclic) bond motifs is 1. The molecular formula is C18H27N3O3. The van der Waals surface area contributed by atoms with Gasteiger partial charge in [-0.25, -0.2) is 0 Å². The predicted molar refractivity (Wildman–Crippen MR) is 97.4 cm³/mol. The number of carbonyl (C=O) groups excluding carboxylic acids is 2. The number of aliphatic hydroxyl groups is 1. The van der Waals surface area contributed by atoms with Crippen LogP contribution in [0.4, 0.5) is 5.69 Å². The zero-order valence-corrected chi connectivity index (χ0v) is 15.2. The van der Waals surface area contributed by atoms with Gasteiger partial charge in [-0.2, -0.15) is 0 Å². The van der Waals surface area contributed by atoms with Gasteiger partial charge in [-0.15, -0.1) is 0 Å². The van der Waals surface area contributed by atoms with Gasteiger partial charge in [0.15, 0.2) is 6.29 Å². The van der Waals surface area contributed by atoms with Crippen molar-refractivity contribution in [3.05, 3.63) is 30.0 Å². The summed E-state index contributed by atoms with van der Waals surface area (Å²) in [5, 5.41) is 14.1. The van der Waals surface area contributed by atoms with E-state index < -0.39 is 5.54 Å². The molecule has 0 bridgehead atoms.